The molecule has 0 atom stereocenters. The minimum atomic E-state index is -0.0446. The van der Waals surface area contributed by atoms with Crippen LogP contribution in [0.3, 0.4) is 0 Å². The lowest BCUT2D eigenvalue weighted by Crippen LogP contribution is -2.37. The fraction of sp³-hybridized carbons (Fsp3) is 0.333. The van der Waals surface area contributed by atoms with E-state index in [1.807, 2.05) is 78.2 Å². The number of benzene rings is 2. The van der Waals surface area contributed by atoms with Crippen LogP contribution in [-0.4, -0.2) is 54.4 Å². The van der Waals surface area contributed by atoms with Gasteiger partial charge in [-0.3, -0.25) is 9.69 Å². The zero-order valence-electron chi connectivity index (χ0n) is 18.6. The average molecular weight is 423 g/mol. The lowest BCUT2D eigenvalue weighted by Gasteiger charge is -2.17. The van der Waals surface area contributed by atoms with Crippen molar-refractivity contribution in [3.05, 3.63) is 71.5 Å². The first-order valence-electron chi connectivity index (χ1n) is 10.3. The topological polar surface area (TPSA) is 68.6 Å². The van der Waals surface area contributed by atoms with Gasteiger partial charge in [0.15, 0.2) is 11.5 Å². The quantitative estimate of drug-likeness (QED) is 0.509. The van der Waals surface area contributed by atoms with Crippen LogP contribution < -0.4 is 14.8 Å². The molecule has 0 bridgehead atoms. The number of rotatable bonds is 10. The second-order valence-electron chi connectivity index (χ2n) is 7.42. The van der Waals surface area contributed by atoms with Crippen molar-refractivity contribution in [3.63, 3.8) is 0 Å². The maximum atomic E-state index is 12.3. The van der Waals surface area contributed by atoms with Gasteiger partial charge in [-0.1, -0.05) is 30.3 Å². The number of aromatic nitrogens is 2. The van der Waals surface area contributed by atoms with Crippen LogP contribution in [0.2, 0.25) is 0 Å². The van der Waals surface area contributed by atoms with E-state index in [1.54, 1.807) is 7.11 Å². The number of amides is 1. The van der Waals surface area contributed by atoms with Gasteiger partial charge in [-0.05, 0) is 45.2 Å². The first kappa shape index (κ1) is 22.4. The number of hydrogen-bond acceptors (Lipinski definition) is 5. The van der Waals surface area contributed by atoms with Gasteiger partial charge in [-0.2, -0.15) is 5.10 Å². The molecule has 164 valence electrons. The molecule has 3 rings (SSSR count). The molecule has 0 saturated heterocycles. The van der Waals surface area contributed by atoms with Crippen molar-refractivity contribution >= 4 is 5.91 Å². The molecule has 0 aliphatic heterocycles. The van der Waals surface area contributed by atoms with E-state index in [-0.39, 0.29) is 5.91 Å². The average Bonchev–Trinajstić information content (AvgIpc) is 3.05. The molecule has 7 heteroatoms. The van der Waals surface area contributed by atoms with E-state index < -0.39 is 0 Å². The summed E-state index contributed by atoms with van der Waals surface area (Å²) in [5.74, 6) is 1.30. The van der Waals surface area contributed by atoms with Gasteiger partial charge in [-0.25, -0.2) is 4.68 Å². The Bertz CT molecular complexity index is 1000. The molecule has 7 nitrogen and oxygen atoms in total. The predicted octanol–water partition coefficient (Wildman–Crippen LogP) is 3.12. The summed E-state index contributed by atoms with van der Waals surface area (Å²) in [6, 6.07) is 17.5. The molecule has 0 saturated carbocycles. The van der Waals surface area contributed by atoms with Crippen molar-refractivity contribution in [2.24, 2.45) is 0 Å². The van der Waals surface area contributed by atoms with Crippen LogP contribution in [0.5, 0.6) is 11.5 Å². The summed E-state index contributed by atoms with van der Waals surface area (Å²) in [6.45, 7) is 5.81. The van der Waals surface area contributed by atoms with E-state index in [0.717, 1.165) is 22.6 Å². The molecule has 0 aliphatic carbocycles. The number of likely N-dealkylation sites (N-methyl/N-ethyl adjacent to an activating group) is 1. The van der Waals surface area contributed by atoms with Crippen molar-refractivity contribution in [1.82, 2.24) is 20.0 Å². The van der Waals surface area contributed by atoms with E-state index in [1.165, 1.54) is 0 Å². The van der Waals surface area contributed by atoms with Gasteiger partial charge in [0.2, 0.25) is 5.91 Å². The molecule has 3 aromatic rings. The Morgan fingerprint density at radius 3 is 2.45 bits per heavy atom. The summed E-state index contributed by atoms with van der Waals surface area (Å²) in [5.41, 5.74) is 4.23. The lowest BCUT2D eigenvalue weighted by molar-refractivity contribution is -0.122. The number of carbonyl (C=O) groups excluding carboxylic acids is 1. The monoisotopic (exact) mass is 422 g/mol. The molecular formula is C24H30N4O3. The van der Waals surface area contributed by atoms with Gasteiger partial charge < -0.3 is 14.8 Å². The number of carbonyl (C=O) groups is 1. The highest BCUT2D eigenvalue weighted by Gasteiger charge is 2.16. The Labute approximate surface area is 183 Å². The van der Waals surface area contributed by atoms with E-state index in [9.17, 15) is 4.79 Å². The molecule has 2 aromatic carbocycles. The molecule has 0 aliphatic rings. The van der Waals surface area contributed by atoms with Gasteiger partial charge >= 0.3 is 0 Å². The van der Waals surface area contributed by atoms with E-state index in [2.05, 4.69) is 17.3 Å². The molecule has 1 aromatic heterocycles. The molecule has 0 radical (unpaired) electrons. The Kier molecular flexibility index (Phi) is 7.67. The summed E-state index contributed by atoms with van der Waals surface area (Å²) in [5, 5.41) is 7.58. The molecular weight excluding hydrogens is 392 g/mol. The highest BCUT2D eigenvalue weighted by molar-refractivity contribution is 5.77. The lowest BCUT2D eigenvalue weighted by atomic mass is 10.2. The third kappa shape index (κ3) is 5.86. The Morgan fingerprint density at radius 2 is 1.74 bits per heavy atom. The van der Waals surface area contributed by atoms with Gasteiger partial charge in [-0.15, -0.1) is 0 Å². The smallest absolute Gasteiger partial charge is 0.234 e. The van der Waals surface area contributed by atoms with Gasteiger partial charge in [0.1, 0.15) is 6.61 Å². The summed E-state index contributed by atoms with van der Waals surface area (Å²) >= 11 is 0. The molecule has 31 heavy (non-hydrogen) atoms. The van der Waals surface area contributed by atoms with Crippen molar-refractivity contribution in [2.45, 2.75) is 20.4 Å². The number of aryl methyl sites for hydroxylation is 1. The first-order valence-corrected chi connectivity index (χ1v) is 10.3. The molecule has 0 fully saturated rings. The first-order chi connectivity index (χ1) is 15.0. The van der Waals surface area contributed by atoms with E-state index in [4.69, 9.17) is 9.47 Å². The summed E-state index contributed by atoms with van der Waals surface area (Å²) in [7, 11) is 3.54. The summed E-state index contributed by atoms with van der Waals surface area (Å²) in [4.78, 5) is 14.3. The fourth-order valence-electron chi connectivity index (χ4n) is 3.44. The molecule has 1 heterocycles. The second kappa shape index (κ2) is 10.6. The predicted molar refractivity (Wildman–Crippen MR) is 121 cm³/mol. The standard InChI is InChI=1S/C24H30N4O3/c1-18-21(19(2)28(26-18)20-10-6-5-7-11-20)16-27(3)17-24(29)25-14-15-31-23-13-9-8-12-22(23)30-4/h5-13H,14-17H2,1-4H3,(H,25,29). The largest absolute Gasteiger partial charge is 0.493 e. The minimum absolute atomic E-state index is 0.0446. The van der Waals surface area contributed by atoms with Crippen LogP contribution in [0.4, 0.5) is 0 Å². The summed E-state index contributed by atoms with van der Waals surface area (Å²) in [6.07, 6.45) is 0. The van der Waals surface area contributed by atoms with Crippen LogP contribution in [0.15, 0.2) is 54.6 Å². The van der Waals surface area contributed by atoms with Crippen molar-refractivity contribution < 1.29 is 14.3 Å². The Hall–Kier alpha value is -3.32. The normalized spacial score (nSPS) is 10.9. The third-order valence-corrected chi connectivity index (χ3v) is 5.03. The number of para-hydroxylation sites is 3. The zero-order chi connectivity index (χ0) is 22.2. The number of hydrogen-bond donors (Lipinski definition) is 1. The fourth-order valence-corrected chi connectivity index (χ4v) is 3.44. The second-order valence-corrected chi connectivity index (χ2v) is 7.42. The van der Waals surface area contributed by atoms with Gasteiger partial charge in [0.25, 0.3) is 0 Å². The van der Waals surface area contributed by atoms with Gasteiger partial charge in [0, 0.05) is 17.8 Å². The van der Waals surface area contributed by atoms with Crippen molar-refractivity contribution in [3.8, 4) is 17.2 Å². The van der Waals surface area contributed by atoms with Crippen LogP contribution in [0.1, 0.15) is 17.0 Å². The third-order valence-electron chi connectivity index (χ3n) is 5.03. The number of nitrogens with one attached hydrogen (secondary N) is 1. The number of methoxy groups -OCH3 is 1. The Morgan fingerprint density at radius 1 is 1.06 bits per heavy atom. The maximum Gasteiger partial charge on any atom is 0.234 e. The highest BCUT2D eigenvalue weighted by atomic mass is 16.5. The van der Waals surface area contributed by atoms with Crippen LogP contribution in [-0.2, 0) is 11.3 Å². The Balaban J connectivity index is 1.48. The van der Waals surface area contributed by atoms with Crippen LogP contribution in [0.25, 0.3) is 5.69 Å². The molecule has 1 N–H and O–H groups in total. The van der Waals surface area contributed by atoms with E-state index >= 15 is 0 Å². The number of nitrogens with zero attached hydrogens (tertiary/aromatic N) is 3. The SMILES string of the molecule is COc1ccccc1OCCNC(=O)CN(C)Cc1c(C)nn(-c2ccccc2)c1C. The van der Waals surface area contributed by atoms with Crippen LogP contribution in [0, 0.1) is 13.8 Å². The minimum Gasteiger partial charge on any atom is -0.493 e. The number of ether oxygens (including phenoxy) is 2. The van der Waals surface area contributed by atoms with Gasteiger partial charge in [0.05, 0.1) is 31.6 Å². The molecule has 0 unspecified atom stereocenters. The summed E-state index contributed by atoms with van der Waals surface area (Å²) < 4.78 is 12.9. The zero-order valence-corrected chi connectivity index (χ0v) is 18.6. The maximum absolute atomic E-state index is 12.3. The van der Waals surface area contributed by atoms with Crippen molar-refractivity contribution in [2.75, 3.05) is 33.9 Å². The highest BCUT2D eigenvalue weighted by Crippen LogP contribution is 2.25. The van der Waals surface area contributed by atoms with Crippen molar-refractivity contribution in [1.29, 1.82) is 0 Å². The molecule has 1 amide bonds. The molecule has 0 spiro atoms. The van der Waals surface area contributed by atoms with Crippen LogP contribution >= 0.6 is 0 Å². The van der Waals surface area contributed by atoms with E-state index in [0.29, 0.717) is 37.7 Å².